The van der Waals surface area contributed by atoms with Gasteiger partial charge in [-0.1, -0.05) is 84.9 Å². The van der Waals surface area contributed by atoms with Gasteiger partial charge in [0.25, 0.3) is 0 Å². The van der Waals surface area contributed by atoms with Gasteiger partial charge < -0.3 is 0 Å². The van der Waals surface area contributed by atoms with E-state index >= 15 is 0 Å². The van der Waals surface area contributed by atoms with E-state index in [1.54, 1.807) is 0 Å². The van der Waals surface area contributed by atoms with E-state index in [-0.39, 0.29) is 0 Å². The smallest absolute Gasteiger partial charge is 0.0711 e. The molecule has 1 heterocycles. The molecule has 0 bridgehead atoms. The van der Waals surface area contributed by atoms with Gasteiger partial charge >= 0.3 is 0 Å². The zero-order chi connectivity index (χ0) is 17.1. The molecule has 0 unspecified atom stereocenters. The van der Waals surface area contributed by atoms with Gasteiger partial charge in [0, 0.05) is 11.3 Å². The van der Waals surface area contributed by atoms with Crippen LogP contribution in [0.15, 0.2) is 97.1 Å². The van der Waals surface area contributed by atoms with E-state index in [0.29, 0.717) is 0 Å². The molecule has 1 nitrogen and oxygen atoms in total. The van der Waals surface area contributed by atoms with E-state index in [0.717, 1.165) is 17.0 Å². The Morgan fingerprint density at radius 3 is 1.56 bits per heavy atom. The van der Waals surface area contributed by atoms with E-state index in [2.05, 4.69) is 84.9 Å². The van der Waals surface area contributed by atoms with E-state index in [1.165, 1.54) is 22.3 Å². The number of benzene rings is 3. The maximum absolute atomic E-state index is 4.73. The number of pyridine rings is 1. The summed E-state index contributed by atoms with van der Waals surface area (Å²) in [5.74, 6) is 0. The molecule has 3 aromatic carbocycles. The summed E-state index contributed by atoms with van der Waals surface area (Å²) < 4.78 is 0. The van der Waals surface area contributed by atoms with E-state index in [1.807, 2.05) is 19.1 Å². The lowest BCUT2D eigenvalue weighted by molar-refractivity contribution is 1.21. The second kappa shape index (κ2) is 6.74. The molecule has 0 amide bonds. The quantitative estimate of drug-likeness (QED) is 0.426. The van der Waals surface area contributed by atoms with Gasteiger partial charge in [0.2, 0.25) is 0 Å². The molecule has 0 atom stereocenters. The van der Waals surface area contributed by atoms with Crippen molar-refractivity contribution in [2.45, 2.75) is 6.92 Å². The van der Waals surface area contributed by atoms with Crippen LogP contribution in [0.3, 0.4) is 0 Å². The molecule has 25 heavy (non-hydrogen) atoms. The summed E-state index contributed by atoms with van der Waals surface area (Å²) in [5, 5.41) is 0. The zero-order valence-corrected chi connectivity index (χ0v) is 14.2. The normalized spacial score (nSPS) is 10.6. The number of hydrogen-bond donors (Lipinski definition) is 0. The first-order valence-corrected chi connectivity index (χ1v) is 8.49. The van der Waals surface area contributed by atoms with Gasteiger partial charge in [0.05, 0.1) is 5.69 Å². The van der Waals surface area contributed by atoms with Crippen LogP contribution in [0.25, 0.3) is 33.5 Å². The van der Waals surface area contributed by atoms with Crippen molar-refractivity contribution in [2.75, 3.05) is 0 Å². The largest absolute Gasteiger partial charge is 0.253 e. The average molecular weight is 321 g/mol. The predicted octanol–water partition coefficient (Wildman–Crippen LogP) is 6.39. The van der Waals surface area contributed by atoms with Crippen LogP contribution in [0.4, 0.5) is 0 Å². The maximum atomic E-state index is 4.73. The molecule has 0 spiro atoms. The highest BCUT2D eigenvalue weighted by atomic mass is 14.7. The summed E-state index contributed by atoms with van der Waals surface area (Å²) >= 11 is 0. The molecular formula is C24H19N. The van der Waals surface area contributed by atoms with Crippen LogP contribution in [0.5, 0.6) is 0 Å². The number of nitrogens with zero attached hydrogens (tertiary/aromatic N) is 1. The van der Waals surface area contributed by atoms with Gasteiger partial charge in [0.15, 0.2) is 0 Å². The summed E-state index contributed by atoms with van der Waals surface area (Å²) in [6.45, 7) is 2.05. The highest BCUT2D eigenvalue weighted by Gasteiger charge is 2.06. The molecule has 0 N–H and O–H groups in total. The Morgan fingerprint density at radius 1 is 0.480 bits per heavy atom. The molecule has 1 aromatic heterocycles. The lowest BCUT2D eigenvalue weighted by Gasteiger charge is -2.09. The van der Waals surface area contributed by atoms with Crippen LogP contribution in [0.1, 0.15) is 5.69 Å². The topological polar surface area (TPSA) is 12.9 Å². The van der Waals surface area contributed by atoms with Gasteiger partial charge in [-0.25, -0.2) is 0 Å². The Balaban J connectivity index is 1.71. The first kappa shape index (κ1) is 15.3. The summed E-state index contributed by atoms with van der Waals surface area (Å²) in [6.07, 6.45) is 0. The van der Waals surface area contributed by atoms with Crippen molar-refractivity contribution in [2.24, 2.45) is 0 Å². The van der Waals surface area contributed by atoms with Gasteiger partial charge in [-0.2, -0.15) is 0 Å². The summed E-state index contributed by atoms with van der Waals surface area (Å²) in [4.78, 5) is 4.73. The molecular weight excluding hydrogens is 302 g/mol. The number of rotatable bonds is 3. The van der Waals surface area contributed by atoms with Crippen molar-refractivity contribution in [3.63, 3.8) is 0 Å². The third-order valence-electron chi connectivity index (χ3n) is 4.35. The molecule has 0 fully saturated rings. The molecule has 0 radical (unpaired) electrons. The molecule has 0 saturated heterocycles. The van der Waals surface area contributed by atoms with Crippen molar-refractivity contribution in [3.8, 4) is 33.5 Å². The molecule has 4 aromatic rings. The minimum Gasteiger partial charge on any atom is -0.253 e. The van der Waals surface area contributed by atoms with Crippen LogP contribution in [-0.2, 0) is 0 Å². The molecule has 1 heteroatoms. The molecule has 4 rings (SSSR count). The lowest BCUT2D eigenvalue weighted by atomic mass is 10.00. The molecule has 0 aliphatic heterocycles. The van der Waals surface area contributed by atoms with Crippen molar-refractivity contribution in [1.82, 2.24) is 4.98 Å². The summed E-state index contributed by atoms with van der Waals surface area (Å²) in [5.41, 5.74) is 8.06. The monoisotopic (exact) mass is 321 g/mol. The molecule has 0 aliphatic rings. The van der Waals surface area contributed by atoms with E-state index < -0.39 is 0 Å². The van der Waals surface area contributed by atoms with Crippen molar-refractivity contribution < 1.29 is 0 Å². The fourth-order valence-corrected chi connectivity index (χ4v) is 3.08. The second-order valence-electron chi connectivity index (χ2n) is 6.19. The lowest BCUT2D eigenvalue weighted by Crippen LogP contribution is -1.90. The van der Waals surface area contributed by atoms with Gasteiger partial charge in [-0.15, -0.1) is 0 Å². The van der Waals surface area contributed by atoms with Crippen molar-refractivity contribution >= 4 is 0 Å². The standard InChI is InChI=1S/C24H19N/c1-18-16-23(20-10-6-3-7-11-20)17-24(25-18)22-14-12-21(13-15-22)19-8-4-2-5-9-19/h2-17H,1H3. The summed E-state index contributed by atoms with van der Waals surface area (Å²) in [6, 6.07) is 33.8. The van der Waals surface area contributed by atoms with Crippen LogP contribution >= 0.6 is 0 Å². The van der Waals surface area contributed by atoms with Crippen molar-refractivity contribution in [1.29, 1.82) is 0 Å². The van der Waals surface area contributed by atoms with Crippen LogP contribution in [-0.4, -0.2) is 4.98 Å². The maximum Gasteiger partial charge on any atom is 0.0711 e. The Hall–Kier alpha value is -3.19. The average Bonchev–Trinajstić information content (AvgIpc) is 2.69. The molecule has 0 aliphatic carbocycles. The van der Waals surface area contributed by atoms with Gasteiger partial charge in [0.1, 0.15) is 0 Å². The molecule has 0 saturated carbocycles. The SMILES string of the molecule is Cc1cc(-c2ccccc2)cc(-c2ccc(-c3ccccc3)cc2)n1. The van der Waals surface area contributed by atoms with E-state index in [9.17, 15) is 0 Å². The fraction of sp³-hybridized carbons (Fsp3) is 0.0417. The van der Waals surface area contributed by atoms with Crippen LogP contribution < -0.4 is 0 Å². The minimum atomic E-state index is 1.01. The van der Waals surface area contributed by atoms with Gasteiger partial charge in [-0.3, -0.25) is 4.98 Å². The minimum absolute atomic E-state index is 1.01. The number of aryl methyl sites for hydroxylation is 1. The Bertz CT molecular complexity index is 971. The Morgan fingerprint density at radius 2 is 0.960 bits per heavy atom. The van der Waals surface area contributed by atoms with E-state index in [4.69, 9.17) is 4.98 Å². The predicted molar refractivity (Wildman–Crippen MR) is 105 cm³/mol. The number of hydrogen-bond acceptors (Lipinski definition) is 1. The number of aromatic nitrogens is 1. The highest BCUT2D eigenvalue weighted by Crippen LogP contribution is 2.28. The Labute approximate surface area is 148 Å². The van der Waals surface area contributed by atoms with Gasteiger partial charge in [-0.05, 0) is 41.3 Å². The third kappa shape index (κ3) is 3.36. The highest BCUT2D eigenvalue weighted by molar-refractivity contribution is 5.73. The second-order valence-corrected chi connectivity index (χ2v) is 6.19. The zero-order valence-electron chi connectivity index (χ0n) is 14.2. The van der Waals surface area contributed by atoms with Crippen LogP contribution in [0, 0.1) is 6.92 Å². The third-order valence-corrected chi connectivity index (χ3v) is 4.35. The molecule has 120 valence electrons. The van der Waals surface area contributed by atoms with Crippen molar-refractivity contribution in [3.05, 3.63) is 103 Å². The first-order valence-electron chi connectivity index (χ1n) is 8.49. The first-order chi connectivity index (χ1) is 12.3. The van der Waals surface area contributed by atoms with Crippen LogP contribution in [0.2, 0.25) is 0 Å². The Kier molecular flexibility index (Phi) is 4.14. The fourth-order valence-electron chi connectivity index (χ4n) is 3.08. The summed E-state index contributed by atoms with van der Waals surface area (Å²) in [7, 11) is 0.